The van der Waals surface area contributed by atoms with E-state index in [1.165, 1.54) is 31.5 Å². The molecule has 2 N–H and O–H groups in total. The number of rotatable bonds is 8. The second-order valence-corrected chi connectivity index (χ2v) is 8.34. The standard InChI is InChI=1S/C20H33FN4S.HI/c1-4-22-20(23-11-14-26-19-7-5-17(21)6-8-19)24-18-9-12-25(13-10-18)15-16(2)3;/h5-8,16,18H,4,9-15H2,1-3H3,(H2,22,23,24);1H. The maximum atomic E-state index is 12.9. The van der Waals surface area contributed by atoms with E-state index in [9.17, 15) is 4.39 Å². The lowest BCUT2D eigenvalue weighted by Crippen LogP contribution is -2.49. The molecule has 2 rings (SSSR count). The topological polar surface area (TPSA) is 39.7 Å². The van der Waals surface area contributed by atoms with E-state index in [-0.39, 0.29) is 29.8 Å². The summed E-state index contributed by atoms with van der Waals surface area (Å²) in [4.78, 5) is 8.34. The van der Waals surface area contributed by atoms with E-state index in [1.807, 2.05) is 12.1 Å². The number of halogens is 2. The lowest BCUT2D eigenvalue weighted by atomic mass is 10.0. The van der Waals surface area contributed by atoms with Gasteiger partial charge in [0.05, 0.1) is 6.54 Å². The maximum absolute atomic E-state index is 12.9. The normalized spacial score (nSPS) is 16.3. The quantitative estimate of drug-likeness (QED) is 0.182. The SMILES string of the molecule is CCNC(=NCCSc1ccc(F)cc1)NC1CCN(CC(C)C)CC1.I. The molecule has 1 aromatic rings. The van der Waals surface area contributed by atoms with Gasteiger partial charge in [0.1, 0.15) is 5.82 Å². The van der Waals surface area contributed by atoms with E-state index in [2.05, 4.69) is 36.3 Å². The lowest BCUT2D eigenvalue weighted by Gasteiger charge is -2.34. The number of piperidine rings is 1. The van der Waals surface area contributed by atoms with Crippen LogP contribution in [-0.2, 0) is 0 Å². The van der Waals surface area contributed by atoms with Crippen molar-refractivity contribution < 1.29 is 4.39 Å². The number of hydrogen-bond donors (Lipinski definition) is 2. The van der Waals surface area contributed by atoms with Crippen molar-refractivity contribution >= 4 is 41.7 Å². The third kappa shape index (κ3) is 9.99. The van der Waals surface area contributed by atoms with E-state index in [0.717, 1.165) is 48.7 Å². The Morgan fingerprint density at radius 3 is 2.52 bits per heavy atom. The van der Waals surface area contributed by atoms with Gasteiger partial charge in [0.25, 0.3) is 0 Å². The highest BCUT2D eigenvalue weighted by Crippen LogP contribution is 2.17. The number of nitrogens with zero attached hydrogens (tertiary/aromatic N) is 2. The van der Waals surface area contributed by atoms with Crippen molar-refractivity contribution in [1.29, 1.82) is 0 Å². The molecule has 1 aliphatic rings. The molecule has 4 nitrogen and oxygen atoms in total. The molecular formula is C20H34FIN4S. The predicted octanol–water partition coefficient (Wildman–Crippen LogP) is 4.21. The molecule has 0 spiro atoms. The number of benzene rings is 1. The number of hydrogen-bond acceptors (Lipinski definition) is 3. The number of nitrogens with one attached hydrogen (secondary N) is 2. The van der Waals surface area contributed by atoms with E-state index in [0.29, 0.717) is 6.04 Å². The summed E-state index contributed by atoms with van der Waals surface area (Å²) in [5.41, 5.74) is 0. The van der Waals surface area contributed by atoms with Gasteiger partial charge in [-0.25, -0.2) is 4.39 Å². The summed E-state index contributed by atoms with van der Waals surface area (Å²) in [6.07, 6.45) is 2.34. The zero-order valence-corrected chi connectivity index (χ0v) is 19.9. The smallest absolute Gasteiger partial charge is 0.191 e. The largest absolute Gasteiger partial charge is 0.357 e. The Labute approximate surface area is 185 Å². The molecule has 0 bridgehead atoms. The molecule has 154 valence electrons. The zero-order chi connectivity index (χ0) is 18.8. The summed E-state index contributed by atoms with van der Waals surface area (Å²) in [5.74, 6) is 2.34. The van der Waals surface area contributed by atoms with Crippen molar-refractivity contribution in [3.05, 3.63) is 30.1 Å². The van der Waals surface area contributed by atoms with Crippen LogP contribution in [0, 0.1) is 11.7 Å². The molecule has 27 heavy (non-hydrogen) atoms. The molecule has 0 amide bonds. The van der Waals surface area contributed by atoms with Gasteiger partial charge < -0.3 is 15.5 Å². The average Bonchev–Trinajstić information content (AvgIpc) is 2.61. The first kappa shape index (κ1) is 24.5. The van der Waals surface area contributed by atoms with Crippen LogP contribution >= 0.6 is 35.7 Å². The van der Waals surface area contributed by atoms with Crippen molar-refractivity contribution in [3.63, 3.8) is 0 Å². The molecule has 1 fully saturated rings. The summed E-state index contributed by atoms with van der Waals surface area (Å²) < 4.78 is 12.9. The molecule has 0 aliphatic carbocycles. The predicted molar refractivity (Wildman–Crippen MR) is 126 cm³/mol. The van der Waals surface area contributed by atoms with Crippen LogP contribution in [0.25, 0.3) is 0 Å². The van der Waals surface area contributed by atoms with Crippen LogP contribution in [0.1, 0.15) is 33.6 Å². The number of likely N-dealkylation sites (tertiary alicyclic amines) is 1. The van der Waals surface area contributed by atoms with Gasteiger partial charge in [-0.05, 0) is 49.9 Å². The van der Waals surface area contributed by atoms with Crippen molar-refractivity contribution in [2.24, 2.45) is 10.9 Å². The van der Waals surface area contributed by atoms with Gasteiger partial charge in [-0.1, -0.05) is 13.8 Å². The fourth-order valence-electron chi connectivity index (χ4n) is 3.14. The van der Waals surface area contributed by atoms with Gasteiger partial charge in [-0.2, -0.15) is 0 Å². The molecular weight excluding hydrogens is 474 g/mol. The van der Waals surface area contributed by atoms with Gasteiger partial charge in [0.2, 0.25) is 0 Å². The summed E-state index contributed by atoms with van der Waals surface area (Å²) >= 11 is 1.71. The minimum atomic E-state index is -0.189. The average molecular weight is 508 g/mol. The monoisotopic (exact) mass is 508 g/mol. The van der Waals surface area contributed by atoms with Gasteiger partial charge in [0, 0.05) is 42.9 Å². The molecule has 0 saturated carbocycles. The van der Waals surface area contributed by atoms with Crippen LogP contribution < -0.4 is 10.6 Å². The van der Waals surface area contributed by atoms with Crippen molar-refractivity contribution in [3.8, 4) is 0 Å². The summed E-state index contributed by atoms with van der Waals surface area (Å²) in [7, 11) is 0. The maximum Gasteiger partial charge on any atom is 0.191 e. The molecule has 0 unspecified atom stereocenters. The summed E-state index contributed by atoms with van der Waals surface area (Å²) in [5, 5.41) is 6.94. The third-order valence-corrected chi connectivity index (χ3v) is 5.33. The second kappa shape index (κ2) is 13.6. The van der Waals surface area contributed by atoms with Crippen LogP contribution in [0.2, 0.25) is 0 Å². The van der Waals surface area contributed by atoms with Crippen LogP contribution in [0.15, 0.2) is 34.2 Å². The van der Waals surface area contributed by atoms with Crippen LogP contribution in [-0.4, -0.2) is 55.4 Å². The highest BCUT2D eigenvalue weighted by molar-refractivity contribution is 14.0. The van der Waals surface area contributed by atoms with Crippen LogP contribution in [0.4, 0.5) is 4.39 Å². The Morgan fingerprint density at radius 2 is 1.93 bits per heavy atom. The fraction of sp³-hybridized carbons (Fsp3) is 0.650. The first-order valence-electron chi connectivity index (χ1n) is 9.72. The van der Waals surface area contributed by atoms with E-state index in [4.69, 9.17) is 4.99 Å². The van der Waals surface area contributed by atoms with E-state index in [1.54, 1.807) is 11.8 Å². The lowest BCUT2D eigenvalue weighted by molar-refractivity contribution is 0.187. The van der Waals surface area contributed by atoms with Crippen molar-refractivity contribution in [2.45, 2.75) is 44.6 Å². The minimum Gasteiger partial charge on any atom is -0.357 e. The van der Waals surface area contributed by atoms with Crippen molar-refractivity contribution in [1.82, 2.24) is 15.5 Å². The highest BCUT2D eigenvalue weighted by atomic mass is 127. The van der Waals surface area contributed by atoms with Gasteiger partial charge in [0.15, 0.2) is 5.96 Å². The van der Waals surface area contributed by atoms with E-state index < -0.39 is 0 Å². The first-order valence-corrected chi connectivity index (χ1v) is 10.7. The highest BCUT2D eigenvalue weighted by Gasteiger charge is 2.20. The third-order valence-electron chi connectivity index (χ3n) is 4.34. The second-order valence-electron chi connectivity index (χ2n) is 7.18. The fourth-order valence-corrected chi connectivity index (χ4v) is 3.89. The molecule has 7 heteroatoms. The van der Waals surface area contributed by atoms with Crippen LogP contribution in [0.3, 0.4) is 0 Å². The Bertz CT molecular complexity index is 545. The number of guanidine groups is 1. The Kier molecular flexibility index (Phi) is 12.3. The van der Waals surface area contributed by atoms with Gasteiger partial charge >= 0.3 is 0 Å². The zero-order valence-electron chi connectivity index (χ0n) is 16.7. The molecule has 1 saturated heterocycles. The summed E-state index contributed by atoms with van der Waals surface area (Å²) in [6.45, 7) is 11.8. The molecule has 0 radical (unpaired) electrons. The van der Waals surface area contributed by atoms with E-state index >= 15 is 0 Å². The molecule has 1 aromatic carbocycles. The first-order chi connectivity index (χ1) is 12.6. The Hall–Kier alpha value is -0.540. The summed E-state index contributed by atoms with van der Waals surface area (Å²) in [6, 6.07) is 7.14. The number of thioether (sulfide) groups is 1. The van der Waals surface area contributed by atoms with Gasteiger partial charge in [-0.15, -0.1) is 35.7 Å². The Balaban J connectivity index is 0.00000364. The molecule has 1 aliphatic heterocycles. The van der Waals surface area contributed by atoms with Gasteiger partial charge in [-0.3, -0.25) is 4.99 Å². The molecule has 1 heterocycles. The Morgan fingerprint density at radius 1 is 1.26 bits per heavy atom. The molecule has 0 atom stereocenters. The number of aliphatic imine (C=N–C) groups is 1. The minimum absolute atomic E-state index is 0. The van der Waals surface area contributed by atoms with Crippen LogP contribution in [0.5, 0.6) is 0 Å². The molecule has 0 aromatic heterocycles. The van der Waals surface area contributed by atoms with Crippen molar-refractivity contribution in [2.75, 3.05) is 38.5 Å².